The van der Waals surface area contributed by atoms with Gasteiger partial charge >= 0.3 is 0 Å². The predicted molar refractivity (Wildman–Crippen MR) is 68.1 cm³/mol. The smallest absolute Gasteiger partial charge is 0.156 e. The minimum absolute atomic E-state index is 0.166. The van der Waals surface area contributed by atoms with E-state index in [1.807, 2.05) is 6.92 Å². The third-order valence-electron chi connectivity index (χ3n) is 5.52. The summed E-state index contributed by atoms with van der Waals surface area (Å²) in [5, 5.41) is 10.4. The Bertz CT molecular complexity index is 451. The van der Waals surface area contributed by atoms with Gasteiger partial charge in [-0.3, -0.25) is 4.79 Å². The normalized spacial score (nSPS) is 49.8. The quantitative estimate of drug-likeness (QED) is 0.717. The van der Waals surface area contributed by atoms with Crippen molar-refractivity contribution in [3.63, 3.8) is 0 Å². The van der Waals surface area contributed by atoms with Crippen LogP contribution in [0.15, 0.2) is 11.6 Å². The van der Waals surface area contributed by atoms with Gasteiger partial charge in [0.2, 0.25) is 0 Å². The third-order valence-corrected chi connectivity index (χ3v) is 5.52. The molecule has 100 valence electrons. The van der Waals surface area contributed by atoms with Crippen LogP contribution in [-0.2, 0) is 9.53 Å². The van der Waals surface area contributed by atoms with Crippen LogP contribution in [0.1, 0.15) is 47.0 Å². The number of aliphatic hydroxyl groups is 1. The van der Waals surface area contributed by atoms with Crippen LogP contribution < -0.4 is 0 Å². The van der Waals surface area contributed by atoms with Gasteiger partial charge in [-0.15, -0.1) is 0 Å². The number of ether oxygens (including phenoxy) is 1. The van der Waals surface area contributed by atoms with Gasteiger partial charge in [0.05, 0.1) is 17.3 Å². The van der Waals surface area contributed by atoms with Crippen LogP contribution in [0.2, 0.25) is 0 Å². The first-order valence-electron chi connectivity index (χ1n) is 6.80. The standard InChI is InChI=1S/C15H22O3/c1-9-5-10(16)6-14(4)8-12(17)11-7-15(9,14)18-13(11,2)3/h5,11-12,17H,6-8H2,1-4H3/t11-,12-,14-,15+/m1/s1. The highest BCUT2D eigenvalue weighted by atomic mass is 16.5. The summed E-state index contributed by atoms with van der Waals surface area (Å²) in [7, 11) is 0. The van der Waals surface area contributed by atoms with Crippen molar-refractivity contribution in [2.24, 2.45) is 11.3 Å². The number of ketones is 1. The van der Waals surface area contributed by atoms with Crippen LogP contribution in [0, 0.1) is 11.3 Å². The maximum absolute atomic E-state index is 11.9. The lowest BCUT2D eigenvalue weighted by atomic mass is 9.55. The van der Waals surface area contributed by atoms with E-state index in [1.165, 1.54) is 0 Å². The van der Waals surface area contributed by atoms with E-state index in [-0.39, 0.29) is 34.4 Å². The van der Waals surface area contributed by atoms with Crippen LogP contribution in [0.4, 0.5) is 0 Å². The molecule has 0 aromatic carbocycles. The third kappa shape index (κ3) is 1.29. The number of carbonyl (C=O) groups excluding carboxylic acids is 1. The van der Waals surface area contributed by atoms with Crippen LogP contribution in [0.5, 0.6) is 0 Å². The van der Waals surface area contributed by atoms with Gasteiger partial charge in [-0.05, 0) is 45.3 Å². The molecule has 2 bridgehead atoms. The van der Waals surface area contributed by atoms with E-state index in [2.05, 4.69) is 20.8 Å². The zero-order valence-electron chi connectivity index (χ0n) is 11.6. The maximum atomic E-state index is 11.9. The molecule has 1 aliphatic heterocycles. The molecule has 3 heteroatoms. The van der Waals surface area contributed by atoms with Crippen molar-refractivity contribution in [2.75, 3.05) is 0 Å². The molecule has 1 spiro atoms. The van der Waals surface area contributed by atoms with E-state index < -0.39 is 0 Å². The van der Waals surface area contributed by atoms with E-state index >= 15 is 0 Å². The Morgan fingerprint density at radius 3 is 2.67 bits per heavy atom. The van der Waals surface area contributed by atoms with Gasteiger partial charge < -0.3 is 9.84 Å². The van der Waals surface area contributed by atoms with E-state index in [0.29, 0.717) is 12.8 Å². The first kappa shape index (κ1) is 12.4. The molecule has 3 nitrogen and oxygen atoms in total. The van der Waals surface area contributed by atoms with Crippen molar-refractivity contribution in [3.8, 4) is 0 Å². The fourth-order valence-electron chi connectivity index (χ4n) is 4.59. The fourth-order valence-corrected chi connectivity index (χ4v) is 4.59. The van der Waals surface area contributed by atoms with Gasteiger partial charge in [0.25, 0.3) is 0 Å². The Morgan fingerprint density at radius 1 is 1.33 bits per heavy atom. The Kier molecular flexibility index (Phi) is 2.24. The molecule has 2 aliphatic carbocycles. The molecule has 2 fully saturated rings. The fraction of sp³-hybridized carbons (Fsp3) is 0.800. The second kappa shape index (κ2) is 3.26. The summed E-state index contributed by atoms with van der Waals surface area (Å²) in [6.07, 6.45) is 3.38. The summed E-state index contributed by atoms with van der Waals surface area (Å²) in [4.78, 5) is 11.9. The molecule has 0 aromatic rings. The van der Waals surface area contributed by atoms with Gasteiger partial charge in [0, 0.05) is 17.8 Å². The summed E-state index contributed by atoms with van der Waals surface area (Å²) in [5.41, 5.74) is 0.136. The van der Waals surface area contributed by atoms with Gasteiger partial charge in [-0.2, -0.15) is 0 Å². The molecule has 0 unspecified atom stereocenters. The van der Waals surface area contributed by atoms with E-state index in [1.54, 1.807) is 6.08 Å². The van der Waals surface area contributed by atoms with E-state index in [4.69, 9.17) is 4.74 Å². The van der Waals surface area contributed by atoms with Crippen molar-refractivity contribution >= 4 is 5.78 Å². The second-order valence-corrected chi connectivity index (χ2v) is 7.15. The van der Waals surface area contributed by atoms with Crippen molar-refractivity contribution < 1.29 is 14.6 Å². The molecule has 0 aromatic heterocycles. The molecule has 3 rings (SSSR count). The first-order chi connectivity index (χ1) is 8.20. The monoisotopic (exact) mass is 250 g/mol. The highest BCUT2D eigenvalue weighted by Gasteiger charge is 2.67. The maximum Gasteiger partial charge on any atom is 0.156 e. The largest absolute Gasteiger partial charge is 0.393 e. The minimum atomic E-state index is -0.362. The van der Waals surface area contributed by atoms with Crippen molar-refractivity contribution in [1.29, 1.82) is 0 Å². The number of hydrogen-bond donors (Lipinski definition) is 1. The predicted octanol–water partition coefficient (Wildman–Crippen LogP) is 2.23. The lowest BCUT2D eigenvalue weighted by molar-refractivity contribution is -0.145. The molecule has 1 saturated heterocycles. The molecular formula is C15H22O3. The lowest BCUT2D eigenvalue weighted by Gasteiger charge is -2.52. The Balaban J connectivity index is 2.16. The number of carbonyl (C=O) groups is 1. The highest BCUT2D eigenvalue weighted by Crippen LogP contribution is 2.63. The van der Waals surface area contributed by atoms with Crippen molar-refractivity contribution in [1.82, 2.24) is 0 Å². The zero-order valence-corrected chi connectivity index (χ0v) is 11.6. The van der Waals surface area contributed by atoms with E-state index in [9.17, 15) is 9.90 Å². The number of allylic oxidation sites excluding steroid dienone is 1. The average molecular weight is 250 g/mol. The second-order valence-electron chi connectivity index (χ2n) is 7.15. The Morgan fingerprint density at radius 2 is 2.00 bits per heavy atom. The summed E-state index contributed by atoms with van der Waals surface area (Å²) in [6, 6.07) is 0. The number of fused-ring (bicyclic) bond motifs is 1. The van der Waals surface area contributed by atoms with Gasteiger partial charge in [-0.25, -0.2) is 0 Å². The number of hydrogen-bond acceptors (Lipinski definition) is 3. The SMILES string of the molecule is CC1=CC(=O)C[C@]2(C)C[C@@H](O)[C@H]3C[C@]12OC3(C)C. The highest BCUT2D eigenvalue weighted by molar-refractivity contribution is 5.92. The summed E-state index contributed by atoms with van der Waals surface area (Å²) in [6.45, 7) is 8.23. The molecule has 0 radical (unpaired) electrons. The zero-order chi connectivity index (χ0) is 13.3. The van der Waals surface area contributed by atoms with Gasteiger partial charge in [0.1, 0.15) is 0 Å². The summed E-state index contributed by atoms with van der Waals surface area (Å²) in [5.74, 6) is 0.335. The summed E-state index contributed by atoms with van der Waals surface area (Å²) >= 11 is 0. The number of aliphatic hydroxyl groups excluding tert-OH is 1. The van der Waals surface area contributed by atoms with Gasteiger partial charge in [0.15, 0.2) is 5.78 Å². The molecule has 1 saturated carbocycles. The van der Waals surface area contributed by atoms with Crippen LogP contribution in [-0.4, -0.2) is 28.2 Å². The van der Waals surface area contributed by atoms with Crippen LogP contribution >= 0.6 is 0 Å². The molecule has 1 N–H and O–H groups in total. The number of rotatable bonds is 0. The topological polar surface area (TPSA) is 46.5 Å². The van der Waals surface area contributed by atoms with Crippen LogP contribution in [0.25, 0.3) is 0 Å². The Labute approximate surface area is 108 Å². The average Bonchev–Trinajstić information content (AvgIpc) is 2.45. The van der Waals surface area contributed by atoms with E-state index in [0.717, 1.165) is 12.0 Å². The molecule has 0 amide bonds. The lowest BCUT2D eigenvalue weighted by Crippen LogP contribution is -2.55. The molecule has 18 heavy (non-hydrogen) atoms. The Hall–Kier alpha value is -0.670. The molecule has 3 aliphatic rings. The minimum Gasteiger partial charge on any atom is -0.393 e. The summed E-state index contributed by atoms with van der Waals surface area (Å²) < 4.78 is 6.42. The molecular weight excluding hydrogens is 228 g/mol. The molecule has 4 atom stereocenters. The van der Waals surface area contributed by atoms with Crippen LogP contribution in [0.3, 0.4) is 0 Å². The van der Waals surface area contributed by atoms with Gasteiger partial charge in [-0.1, -0.05) is 6.92 Å². The van der Waals surface area contributed by atoms with Crippen molar-refractivity contribution in [2.45, 2.75) is 64.3 Å². The molecule has 1 heterocycles. The van der Waals surface area contributed by atoms with Crippen molar-refractivity contribution in [3.05, 3.63) is 11.6 Å². The first-order valence-corrected chi connectivity index (χ1v) is 6.80.